The molecule has 1 rings (SSSR count). The first kappa shape index (κ1) is 13.9. The van der Waals surface area contributed by atoms with E-state index in [9.17, 15) is 25.0 Å². The highest BCUT2D eigenvalue weighted by Gasteiger charge is 2.19. The first-order chi connectivity index (χ1) is 8.95. The maximum atomic E-state index is 11.0. The Morgan fingerprint density at radius 2 is 2.05 bits per heavy atom. The van der Waals surface area contributed by atoms with Crippen LogP contribution in [0.4, 0.5) is 17.1 Å². The Hall–Kier alpha value is -3.13. The zero-order valence-electron chi connectivity index (χ0n) is 9.35. The molecular formula is C9H7N5O5. The van der Waals surface area contributed by atoms with Crippen LogP contribution in [-0.4, -0.2) is 33.2 Å². The molecule has 10 nitrogen and oxygen atoms in total. The third kappa shape index (κ3) is 3.68. The van der Waals surface area contributed by atoms with Crippen LogP contribution in [0.1, 0.15) is 0 Å². The van der Waals surface area contributed by atoms with Gasteiger partial charge in [0.05, 0.1) is 22.5 Å². The van der Waals surface area contributed by atoms with Crippen LogP contribution in [0.15, 0.2) is 18.2 Å². The summed E-state index contributed by atoms with van der Waals surface area (Å²) in [5, 5.41) is 23.7. The van der Waals surface area contributed by atoms with Gasteiger partial charge in [-0.15, -0.1) is 0 Å². The maximum Gasteiger partial charge on any atom is 0.325 e. The van der Waals surface area contributed by atoms with Gasteiger partial charge in [-0.1, -0.05) is 0 Å². The topological polar surface area (TPSA) is 152 Å². The zero-order valence-corrected chi connectivity index (χ0v) is 9.35. The fourth-order valence-electron chi connectivity index (χ4n) is 1.23. The molecule has 0 aromatic heterocycles. The second-order valence-electron chi connectivity index (χ2n) is 3.28. The quantitative estimate of drug-likeness (QED) is 0.264. The predicted molar refractivity (Wildman–Crippen MR) is 62.9 cm³/mol. The summed E-state index contributed by atoms with van der Waals surface area (Å²) in [5.41, 5.74) is 7.11. The minimum atomic E-state index is -0.806. The lowest BCUT2D eigenvalue weighted by molar-refractivity contribution is -0.393. The molecule has 0 spiro atoms. The van der Waals surface area contributed by atoms with Gasteiger partial charge in [0.2, 0.25) is 0 Å². The first-order valence-corrected chi connectivity index (χ1v) is 4.82. The summed E-state index contributed by atoms with van der Waals surface area (Å²) >= 11 is 0. The van der Waals surface area contributed by atoms with E-state index in [2.05, 4.69) is 10.1 Å². The lowest BCUT2D eigenvalue weighted by Crippen LogP contribution is -2.15. The smallest absolute Gasteiger partial charge is 0.325 e. The molecule has 1 N–H and O–H groups in total. The largest absolute Gasteiger partial charge is 0.372 e. The Kier molecular flexibility index (Phi) is 4.39. The molecule has 0 bridgehead atoms. The fraction of sp³-hybridized carbons (Fsp3) is 0.111. The average Bonchev–Trinajstić information content (AvgIpc) is 2.36. The number of ketones is 1. The Morgan fingerprint density at radius 1 is 1.37 bits per heavy atom. The van der Waals surface area contributed by atoms with Crippen molar-refractivity contribution in [2.24, 2.45) is 0 Å². The van der Waals surface area contributed by atoms with Crippen molar-refractivity contribution in [1.29, 1.82) is 0 Å². The number of rotatable bonds is 6. The fourth-order valence-corrected chi connectivity index (χ4v) is 1.23. The Bertz CT molecular complexity index is 593. The van der Waals surface area contributed by atoms with Gasteiger partial charge in [0.15, 0.2) is 0 Å². The molecule has 1 aromatic rings. The van der Waals surface area contributed by atoms with E-state index >= 15 is 0 Å². The van der Waals surface area contributed by atoms with Crippen molar-refractivity contribution in [2.75, 3.05) is 11.9 Å². The average molecular weight is 265 g/mol. The van der Waals surface area contributed by atoms with Crippen LogP contribution in [0.5, 0.6) is 0 Å². The number of non-ortho nitro benzene ring substituents is 1. The number of nitro groups is 2. The third-order valence-electron chi connectivity index (χ3n) is 2.04. The molecule has 0 heterocycles. The molecule has 0 amide bonds. The van der Waals surface area contributed by atoms with Crippen LogP contribution in [0.2, 0.25) is 0 Å². The van der Waals surface area contributed by atoms with Crippen molar-refractivity contribution in [3.8, 4) is 0 Å². The van der Waals surface area contributed by atoms with Gasteiger partial charge in [0, 0.05) is 6.07 Å². The molecule has 10 heteroatoms. The summed E-state index contributed by atoms with van der Waals surface area (Å²) in [6.45, 7) is -0.345. The first-order valence-electron chi connectivity index (χ1n) is 4.82. The van der Waals surface area contributed by atoms with Gasteiger partial charge in [-0.2, -0.15) is 4.79 Å². The van der Waals surface area contributed by atoms with Gasteiger partial charge in [-0.25, -0.2) is 0 Å². The van der Waals surface area contributed by atoms with Crippen LogP contribution < -0.4 is 5.32 Å². The summed E-state index contributed by atoms with van der Waals surface area (Å²) in [5.74, 6) is -0.616. The molecule has 0 aliphatic rings. The molecule has 0 atom stereocenters. The second kappa shape index (κ2) is 5.98. The number of nitrogens with zero attached hydrogens (tertiary/aromatic N) is 4. The maximum absolute atomic E-state index is 11.0. The summed E-state index contributed by atoms with van der Waals surface area (Å²) < 4.78 is 0. The number of benzene rings is 1. The normalized spacial score (nSPS) is 9.26. The number of hydrogen-bond acceptors (Lipinski definition) is 6. The number of nitrogens with one attached hydrogen (secondary N) is 1. The van der Waals surface area contributed by atoms with E-state index in [1.165, 1.54) is 0 Å². The van der Waals surface area contributed by atoms with Gasteiger partial charge in [0.1, 0.15) is 5.69 Å². The van der Waals surface area contributed by atoms with Gasteiger partial charge < -0.3 is 10.8 Å². The van der Waals surface area contributed by atoms with Crippen molar-refractivity contribution in [1.82, 2.24) is 0 Å². The van der Waals surface area contributed by atoms with Gasteiger partial charge in [0.25, 0.3) is 17.2 Å². The molecule has 0 unspecified atom stereocenters. The van der Waals surface area contributed by atoms with Crippen LogP contribution in [0, 0.1) is 20.2 Å². The molecule has 98 valence electrons. The minimum Gasteiger partial charge on any atom is -0.372 e. The van der Waals surface area contributed by atoms with Crippen molar-refractivity contribution >= 4 is 29.1 Å². The molecule has 0 fully saturated rings. The lowest BCUT2D eigenvalue weighted by atomic mass is 10.2. The van der Waals surface area contributed by atoms with E-state index in [1.807, 2.05) is 0 Å². The lowest BCUT2D eigenvalue weighted by Gasteiger charge is -2.03. The Labute approximate surface area is 105 Å². The highest BCUT2D eigenvalue weighted by atomic mass is 16.6. The third-order valence-corrected chi connectivity index (χ3v) is 2.04. The molecular weight excluding hydrogens is 258 g/mol. The van der Waals surface area contributed by atoms with Gasteiger partial charge >= 0.3 is 6.21 Å². The van der Waals surface area contributed by atoms with Crippen molar-refractivity contribution in [2.45, 2.75) is 0 Å². The second-order valence-corrected chi connectivity index (χ2v) is 3.28. The highest BCUT2D eigenvalue weighted by Crippen LogP contribution is 2.28. The number of anilines is 1. The molecule has 1 aromatic carbocycles. The van der Waals surface area contributed by atoms with E-state index in [0.717, 1.165) is 18.2 Å². The van der Waals surface area contributed by atoms with Crippen molar-refractivity contribution in [3.63, 3.8) is 0 Å². The molecule has 0 saturated carbocycles. The van der Waals surface area contributed by atoms with Crippen LogP contribution >= 0.6 is 0 Å². The predicted octanol–water partition coefficient (Wildman–Crippen LogP) is 0.785. The number of Topliss-reactive ketones (excluding diaryl/α,β-unsaturated/α-hetero) is 1. The highest BCUT2D eigenvalue weighted by molar-refractivity contribution is 6.26. The number of carbonyl (C=O) groups excluding carboxylic acids is 1. The van der Waals surface area contributed by atoms with Crippen molar-refractivity contribution in [3.05, 3.63) is 44.0 Å². The van der Waals surface area contributed by atoms with Gasteiger partial charge in [-0.05, 0) is 6.07 Å². The van der Waals surface area contributed by atoms with Gasteiger partial charge in [-0.3, -0.25) is 25.0 Å². The molecule has 0 radical (unpaired) electrons. The summed E-state index contributed by atoms with van der Waals surface area (Å²) in [6.07, 6.45) is 0.629. The van der Waals surface area contributed by atoms with Crippen molar-refractivity contribution < 1.29 is 19.4 Å². The number of carbonyl (C=O) groups is 1. The SMILES string of the molecule is [N-]=[N+]=CC(=O)CNc1ccc([N+](=O)[O-])cc1[N+](=O)[O-]. The van der Waals surface area contributed by atoms with E-state index < -0.39 is 27.0 Å². The number of nitro benzene ring substituents is 2. The standard InChI is InChI=1S/C9H7N5O5/c10-12-5-7(15)4-11-8-2-1-6(13(16)17)3-9(8)14(18)19/h1-3,5,11H,4H2. The molecule has 19 heavy (non-hydrogen) atoms. The summed E-state index contributed by atoms with van der Waals surface area (Å²) in [7, 11) is 0. The Balaban J connectivity index is 3.00. The van der Waals surface area contributed by atoms with Crippen LogP contribution in [-0.2, 0) is 4.79 Å². The zero-order chi connectivity index (χ0) is 14.4. The molecule has 0 aliphatic carbocycles. The molecule has 0 aliphatic heterocycles. The van der Waals surface area contributed by atoms with E-state index in [4.69, 9.17) is 5.53 Å². The molecule has 0 saturated heterocycles. The summed E-state index contributed by atoms with van der Waals surface area (Å²) in [6, 6.07) is 2.98. The summed E-state index contributed by atoms with van der Waals surface area (Å²) in [4.78, 5) is 33.2. The van der Waals surface area contributed by atoms with E-state index in [0.29, 0.717) is 6.21 Å². The number of hydrogen-bond donors (Lipinski definition) is 1. The Morgan fingerprint density at radius 3 is 2.58 bits per heavy atom. The van der Waals surface area contributed by atoms with E-state index in [1.54, 1.807) is 0 Å². The minimum absolute atomic E-state index is 0.0460. The van der Waals surface area contributed by atoms with Crippen LogP contribution in [0.25, 0.3) is 5.53 Å². The van der Waals surface area contributed by atoms with E-state index in [-0.39, 0.29) is 12.2 Å². The monoisotopic (exact) mass is 265 g/mol. The van der Waals surface area contributed by atoms with Crippen LogP contribution in [0.3, 0.4) is 0 Å².